The molecule has 0 aromatic heterocycles. The van der Waals surface area contributed by atoms with Crippen molar-refractivity contribution in [1.82, 2.24) is 0 Å². The zero-order chi connectivity index (χ0) is 17.5. The van der Waals surface area contributed by atoms with E-state index in [0.717, 1.165) is 18.6 Å². The zero-order valence-corrected chi connectivity index (χ0v) is 14.5. The minimum absolute atomic E-state index is 0.0193. The van der Waals surface area contributed by atoms with Crippen molar-refractivity contribution in [1.29, 1.82) is 0 Å². The number of aliphatic hydroxyl groups excluding tert-OH is 2. The normalized spacial score (nSPS) is 16.4. The van der Waals surface area contributed by atoms with Gasteiger partial charge < -0.3 is 19.7 Å². The van der Waals surface area contributed by atoms with Crippen LogP contribution in [-0.4, -0.2) is 30.2 Å². The van der Waals surface area contributed by atoms with Gasteiger partial charge in [0.15, 0.2) is 6.79 Å². The average Bonchev–Trinajstić information content (AvgIpc) is 2.68. The molecule has 3 rings (SSSR count). The van der Waals surface area contributed by atoms with E-state index in [0.29, 0.717) is 12.4 Å². The van der Waals surface area contributed by atoms with E-state index in [4.69, 9.17) is 19.7 Å². The van der Waals surface area contributed by atoms with Gasteiger partial charge in [-0.2, -0.15) is 0 Å². The lowest BCUT2D eigenvalue weighted by molar-refractivity contribution is 0.0985. The summed E-state index contributed by atoms with van der Waals surface area (Å²) in [5.74, 6) is 1.47. The molecule has 0 bridgehead atoms. The Labute approximate surface area is 149 Å². The monoisotopic (exact) mass is 342 g/mol. The molecule has 0 unspecified atom stereocenters. The fourth-order valence-electron chi connectivity index (χ4n) is 3.88. The van der Waals surface area contributed by atoms with E-state index in [1.165, 1.54) is 30.4 Å². The fourth-order valence-corrected chi connectivity index (χ4v) is 3.88. The van der Waals surface area contributed by atoms with Gasteiger partial charge in [-0.1, -0.05) is 43.5 Å². The van der Waals surface area contributed by atoms with Crippen LogP contribution in [0, 0.1) is 0 Å². The molecular weight excluding hydrogens is 316 g/mol. The molecule has 0 heterocycles. The van der Waals surface area contributed by atoms with Crippen LogP contribution in [0.4, 0.5) is 0 Å². The third-order valence-corrected chi connectivity index (χ3v) is 5.11. The van der Waals surface area contributed by atoms with E-state index in [1.54, 1.807) is 0 Å². The van der Waals surface area contributed by atoms with Crippen LogP contribution in [0.5, 0.6) is 11.5 Å². The Kier molecular flexibility index (Phi) is 5.95. The van der Waals surface area contributed by atoms with E-state index in [1.807, 2.05) is 24.3 Å². The van der Waals surface area contributed by atoms with Crippen LogP contribution in [0.3, 0.4) is 0 Å². The number of ether oxygens (including phenoxy) is 2. The van der Waals surface area contributed by atoms with Crippen LogP contribution in [-0.2, 0) is 5.41 Å². The molecule has 0 aliphatic heterocycles. The van der Waals surface area contributed by atoms with Crippen molar-refractivity contribution in [3.05, 3.63) is 59.7 Å². The Bertz CT molecular complexity index is 643. The zero-order valence-electron chi connectivity index (χ0n) is 14.5. The van der Waals surface area contributed by atoms with Crippen molar-refractivity contribution in [2.75, 3.05) is 20.0 Å². The molecule has 2 aromatic carbocycles. The topological polar surface area (TPSA) is 58.9 Å². The summed E-state index contributed by atoms with van der Waals surface area (Å²) in [7, 11) is 0. The van der Waals surface area contributed by atoms with Crippen molar-refractivity contribution in [2.45, 2.75) is 37.5 Å². The number of rotatable bonds is 7. The highest BCUT2D eigenvalue weighted by Gasteiger charge is 2.35. The van der Waals surface area contributed by atoms with Crippen LogP contribution in [0.15, 0.2) is 48.5 Å². The van der Waals surface area contributed by atoms with Gasteiger partial charge in [0.05, 0.1) is 6.61 Å². The highest BCUT2D eigenvalue weighted by Crippen LogP contribution is 2.45. The van der Waals surface area contributed by atoms with Gasteiger partial charge >= 0.3 is 0 Å². The second kappa shape index (κ2) is 8.37. The Morgan fingerprint density at radius 1 is 0.720 bits per heavy atom. The van der Waals surface area contributed by atoms with E-state index in [-0.39, 0.29) is 18.8 Å². The number of hydrogen-bond acceptors (Lipinski definition) is 4. The number of hydrogen-bond donors (Lipinski definition) is 2. The number of benzene rings is 2. The largest absolute Gasteiger partial charge is 0.491 e. The molecule has 25 heavy (non-hydrogen) atoms. The molecule has 0 radical (unpaired) electrons. The minimum Gasteiger partial charge on any atom is -0.491 e. The first-order valence-corrected chi connectivity index (χ1v) is 8.97. The molecule has 4 heteroatoms. The first kappa shape index (κ1) is 17.8. The molecule has 2 aromatic rings. The highest BCUT2D eigenvalue weighted by atomic mass is 16.6. The van der Waals surface area contributed by atoms with E-state index < -0.39 is 0 Å². The predicted octanol–water partition coefficient (Wildman–Crippen LogP) is 3.64. The Morgan fingerprint density at radius 3 is 1.72 bits per heavy atom. The number of aliphatic hydroxyl groups is 2. The van der Waals surface area contributed by atoms with Crippen molar-refractivity contribution in [3.63, 3.8) is 0 Å². The molecule has 0 spiro atoms. The van der Waals surface area contributed by atoms with Crippen molar-refractivity contribution in [2.24, 2.45) is 0 Å². The summed E-state index contributed by atoms with van der Waals surface area (Å²) >= 11 is 0. The van der Waals surface area contributed by atoms with Crippen LogP contribution >= 0.6 is 0 Å². The predicted molar refractivity (Wildman–Crippen MR) is 97.0 cm³/mol. The molecule has 1 aliphatic rings. The lowest BCUT2D eigenvalue weighted by Crippen LogP contribution is -2.30. The fraction of sp³-hybridized carbons (Fsp3) is 0.429. The molecule has 0 saturated heterocycles. The van der Waals surface area contributed by atoms with Gasteiger partial charge in [-0.15, -0.1) is 0 Å². The first-order chi connectivity index (χ1) is 12.3. The molecule has 4 nitrogen and oxygen atoms in total. The highest BCUT2D eigenvalue weighted by molar-refractivity contribution is 5.43. The summed E-state index contributed by atoms with van der Waals surface area (Å²) < 4.78 is 10.6. The molecule has 134 valence electrons. The second-order valence-corrected chi connectivity index (χ2v) is 6.54. The van der Waals surface area contributed by atoms with Crippen LogP contribution in [0.25, 0.3) is 0 Å². The summed E-state index contributed by atoms with van der Waals surface area (Å²) in [6.45, 7) is 0.0323. The van der Waals surface area contributed by atoms with Gasteiger partial charge in [-0.05, 0) is 48.2 Å². The smallest absolute Gasteiger partial charge is 0.186 e. The Balaban J connectivity index is 1.90. The molecule has 1 fully saturated rings. The summed E-state index contributed by atoms with van der Waals surface area (Å²) in [5.41, 5.74) is 2.62. The third-order valence-electron chi connectivity index (χ3n) is 5.11. The van der Waals surface area contributed by atoms with E-state index in [2.05, 4.69) is 24.3 Å². The molecular formula is C21H26O4. The summed E-state index contributed by atoms with van der Waals surface area (Å²) in [6, 6.07) is 16.4. The summed E-state index contributed by atoms with van der Waals surface area (Å²) in [6.07, 6.45) is 5.98. The molecule has 1 saturated carbocycles. The van der Waals surface area contributed by atoms with Gasteiger partial charge in [-0.25, -0.2) is 0 Å². The van der Waals surface area contributed by atoms with Crippen molar-refractivity contribution < 1.29 is 19.7 Å². The van der Waals surface area contributed by atoms with E-state index in [9.17, 15) is 0 Å². The minimum atomic E-state index is -0.306. The maximum Gasteiger partial charge on any atom is 0.186 e. The van der Waals surface area contributed by atoms with Crippen LogP contribution < -0.4 is 9.47 Å². The lowest BCUT2D eigenvalue weighted by atomic mass is 9.65. The summed E-state index contributed by atoms with van der Waals surface area (Å²) in [5, 5.41) is 17.8. The maximum atomic E-state index is 8.90. The maximum absolute atomic E-state index is 8.90. The van der Waals surface area contributed by atoms with Gasteiger partial charge in [0.2, 0.25) is 0 Å². The molecule has 2 N–H and O–H groups in total. The average molecular weight is 342 g/mol. The van der Waals surface area contributed by atoms with Gasteiger partial charge in [0, 0.05) is 5.41 Å². The van der Waals surface area contributed by atoms with Crippen molar-refractivity contribution >= 4 is 0 Å². The third kappa shape index (κ3) is 3.97. The van der Waals surface area contributed by atoms with Crippen LogP contribution in [0.2, 0.25) is 0 Å². The first-order valence-electron chi connectivity index (χ1n) is 8.97. The summed E-state index contributed by atoms with van der Waals surface area (Å²) in [4.78, 5) is 0. The van der Waals surface area contributed by atoms with Gasteiger partial charge in [0.25, 0.3) is 0 Å². The SMILES string of the molecule is OCCOc1ccc(C2(c3ccc(OCO)cc3)CCCCC2)cc1. The Morgan fingerprint density at radius 2 is 1.24 bits per heavy atom. The molecule has 0 amide bonds. The quantitative estimate of drug-likeness (QED) is 0.754. The van der Waals surface area contributed by atoms with Crippen LogP contribution in [0.1, 0.15) is 43.2 Å². The van der Waals surface area contributed by atoms with Gasteiger partial charge in [-0.3, -0.25) is 0 Å². The Hall–Kier alpha value is -2.04. The second-order valence-electron chi connectivity index (χ2n) is 6.54. The van der Waals surface area contributed by atoms with E-state index >= 15 is 0 Å². The molecule has 0 atom stereocenters. The van der Waals surface area contributed by atoms with Gasteiger partial charge in [0.1, 0.15) is 18.1 Å². The van der Waals surface area contributed by atoms with Crippen molar-refractivity contribution in [3.8, 4) is 11.5 Å². The molecule has 1 aliphatic carbocycles. The standard InChI is InChI=1S/C21H26O4/c22-14-15-24-19-8-4-17(5-9-19)21(12-2-1-3-13-21)18-6-10-20(11-7-18)25-16-23/h4-11,22-23H,1-3,12-16H2. The lowest BCUT2D eigenvalue weighted by Gasteiger charge is -2.38.